The predicted octanol–water partition coefficient (Wildman–Crippen LogP) is 0.914. The lowest BCUT2D eigenvalue weighted by Crippen LogP contribution is -2.46. The van der Waals surface area contributed by atoms with Crippen LogP contribution < -0.4 is 10.1 Å². The molecule has 0 aromatic carbocycles. The van der Waals surface area contributed by atoms with Crippen molar-refractivity contribution in [3.8, 4) is 5.88 Å². The number of nitrogens with one attached hydrogen (secondary N) is 1. The van der Waals surface area contributed by atoms with Gasteiger partial charge in [0.05, 0.1) is 6.10 Å². The number of amides is 1. The summed E-state index contributed by atoms with van der Waals surface area (Å²) in [6.07, 6.45) is 0.0574. The topological polar surface area (TPSA) is 54.5 Å². The van der Waals surface area contributed by atoms with Crippen LogP contribution >= 0.6 is 0 Å². The van der Waals surface area contributed by atoms with Crippen molar-refractivity contribution >= 4 is 5.91 Å². The molecule has 1 aliphatic rings. The Bertz CT molecular complexity index is 414. The van der Waals surface area contributed by atoms with E-state index in [0.717, 1.165) is 26.2 Å². The first-order chi connectivity index (χ1) is 8.66. The maximum atomic E-state index is 12.2. The molecule has 0 spiro atoms. The second kappa shape index (κ2) is 5.82. The van der Waals surface area contributed by atoms with Crippen LogP contribution in [0.25, 0.3) is 0 Å². The van der Waals surface area contributed by atoms with Gasteiger partial charge in [0.25, 0.3) is 5.91 Å². The van der Waals surface area contributed by atoms with E-state index in [4.69, 9.17) is 4.74 Å². The van der Waals surface area contributed by atoms with E-state index in [0.29, 0.717) is 11.6 Å². The fourth-order valence-electron chi connectivity index (χ4n) is 1.87. The van der Waals surface area contributed by atoms with Crippen LogP contribution in [0.1, 0.15) is 24.3 Å². The molecular weight excluding hydrogens is 230 g/mol. The third-order valence-electron chi connectivity index (χ3n) is 2.70. The normalized spacial score (nSPS) is 15.8. The molecular formula is C13H19N3O2. The smallest absolute Gasteiger partial charge is 0.272 e. The molecule has 1 amide bonds. The highest BCUT2D eigenvalue weighted by Gasteiger charge is 2.19. The van der Waals surface area contributed by atoms with Gasteiger partial charge in [0.15, 0.2) is 0 Å². The Labute approximate surface area is 107 Å². The number of carbonyl (C=O) groups is 1. The van der Waals surface area contributed by atoms with Gasteiger partial charge in [-0.1, -0.05) is 6.07 Å². The lowest BCUT2D eigenvalue weighted by molar-refractivity contribution is 0.0728. The third-order valence-corrected chi connectivity index (χ3v) is 2.70. The molecule has 98 valence electrons. The fourth-order valence-corrected chi connectivity index (χ4v) is 1.87. The maximum Gasteiger partial charge on any atom is 0.272 e. The molecule has 1 aromatic heterocycles. The molecule has 0 atom stereocenters. The fraction of sp³-hybridized carbons (Fsp3) is 0.538. The Kier molecular flexibility index (Phi) is 4.15. The molecule has 18 heavy (non-hydrogen) atoms. The highest BCUT2D eigenvalue weighted by atomic mass is 16.5. The summed E-state index contributed by atoms with van der Waals surface area (Å²) in [4.78, 5) is 18.3. The molecule has 0 saturated carbocycles. The van der Waals surface area contributed by atoms with Crippen LogP contribution in [-0.4, -0.2) is 48.1 Å². The van der Waals surface area contributed by atoms with Crippen molar-refractivity contribution in [2.75, 3.05) is 26.2 Å². The number of piperazine rings is 1. The van der Waals surface area contributed by atoms with Gasteiger partial charge in [0.1, 0.15) is 5.69 Å². The van der Waals surface area contributed by atoms with E-state index >= 15 is 0 Å². The Hall–Kier alpha value is -1.62. The number of nitrogens with zero attached hydrogens (tertiary/aromatic N) is 2. The summed E-state index contributed by atoms with van der Waals surface area (Å²) < 4.78 is 5.50. The summed E-state index contributed by atoms with van der Waals surface area (Å²) >= 11 is 0. The van der Waals surface area contributed by atoms with Gasteiger partial charge < -0.3 is 15.0 Å². The molecule has 0 bridgehead atoms. The first kappa shape index (κ1) is 12.8. The maximum absolute atomic E-state index is 12.2. The van der Waals surface area contributed by atoms with Gasteiger partial charge in [-0.15, -0.1) is 0 Å². The molecule has 5 heteroatoms. The van der Waals surface area contributed by atoms with E-state index in [1.807, 2.05) is 18.7 Å². The molecule has 2 rings (SSSR count). The van der Waals surface area contributed by atoms with Gasteiger partial charge in [0, 0.05) is 32.2 Å². The van der Waals surface area contributed by atoms with Crippen molar-refractivity contribution in [1.29, 1.82) is 0 Å². The summed E-state index contributed by atoms with van der Waals surface area (Å²) in [5.74, 6) is 0.483. The summed E-state index contributed by atoms with van der Waals surface area (Å²) in [6.45, 7) is 7.02. The quantitative estimate of drug-likeness (QED) is 0.865. The van der Waals surface area contributed by atoms with Crippen molar-refractivity contribution < 1.29 is 9.53 Å². The predicted molar refractivity (Wildman–Crippen MR) is 68.8 cm³/mol. The number of carbonyl (C=O) groups excluding carboxylic acids is 1. The van der Waals surface area contributed by atoms with Crippen molar-refractivity contribution in [1.82, 2.24) is 15.2 Å². The number of hydrogen-bond donors (Lipinski definition) is 1. The largest absolute Gasteiger partial charge is 0.475 e. The van der Waals surface area contributed by atoms with Crippen molar-refractivity contribution in [2.24, 2.45) is 0 Å². The summed E-state index contributed by atoms with van der Waals surface area (Å²) in [5.41, 5.74) is 0.454. The zero-order valence-corrected chi connectivity index (χ0v) is 10.8. The van der Waals surface area contributed by atoms with Gasteiger partial charge in [0.2, 0.25) is 5.88 Å². The first-order valence-corrected chi connectivity index (χ1v) is 6.30. The summed E-state index contributed by atoms with van der Waals surface area (Å²) in [7, 11) is 0. The van der Waals surface area contributed by atoms with Crippen LogP contribution in [0.5, 0.6) is 5.88 Å². The SMILES string of the molecule is CC(C)Oc1cccc(C(=O)N2CCNCC2)n1. The Balaban J connectivity index is 2.09. The number of rotatable bonds is 3. The van der Waals surface area contributed by atoms with Crippen LogP contribution in [-0.2, 0) is 0 Å². The second-order valence-corrected chi connectivity index (χ2v) is 4.57. The van der Waals surface area contributed by atoms with E-state index in [9.17, 15) is 4.79 Å². The molecule has 1 saturated heterocycles. The average molecular weight is 249 g/mol. The summed E-state index contributed by atoms with van der Waals surface area (Å²) in [5, 5.41) is 3.22. The molecule has 1 N–H and O–H groups in total. The zero-order valence-electron chi connectivity index (χ0n) is 10.8. The minimum Gasteiger partial charge on any atom is -0.475 e. The van der Waals surface area contributed by atoms with Gasteiger partial charge in [-0.05, 0) is 19.9 Å². The Morgan fingerprint density at radius 3 is 2.78 bits per heavy atom. The lowest BCUT2D eigenvalue weighted by Gasteiger charge is -2.27. The number of aromatic nitrogens is 1. The average Bonchev–Trinajstić information content (AvgIpc) is 2.38. The van der Waals surface area contributed by atoms with Crippen molar-refractivity contribution in [3.63, 3.8) is 0 Å². The van der Waals surface area contributed by atoms with Crippen LogP contribution in [0.4, 0.5) is 0 Å². The Morgan fingerprint density at radius 2 is 2.11 bits per heavy atom. The zero-order chi connectivity index (χ0) is 13.0. The van der Waals surface area contributed by atoms with Crippen LogP contribution in [0.3, 0.4) is 0 Å². The van der Waals surface area contributed by atoms with E-state index in [1.54, 1.807) is 18.2 Å². The van der Waals surface area contributed by atoms with E-state index in [-0.39, 0.29) is 12.0 Å². The third kappa shape index (κ3) is 3.20. The molecule has 0 radical (unpaired) electrons. The molecule has 0 aliphatic carbocycles. The highest BCUT2D eigenvalue weighted by molar-refractivity contribution is 5.92. The van der Waals surface area contributed by atoms with Gasteiger partial charge in [-0.3, -0.25) is 4.79 Å². The van der Waals surface area contributed by atoms with Gasteiger partial charge in [-0.2, -0.15) is 0 Å². The van der Waals surface area contributed by atoms with Crippen molar-refractivity contribution in [2.45, 2.75) is 20.0 Å². The molecule has 1 aromatic rings. The number of ether oxygens (including phenoxy) is 1. The van der Waals surface area contributed by atoms with Crippen LogP contribution in [0.15, 0.2) is 18.2 Å². The standard InChI is InChI=1S/C13H19N3O2/c1-10(2)18-12-5-3-4-11(15-12)13(17)16-8-6-14-7-9-16/h3-5,10,14H,6-9H2,1-2H3. The van der Waals surface area contributed by atoms with E-state index < -0.39 is 0 Å². The van der Waals surface area contributed by atoms with Gasteiger partial charge in [-0.25, -0.2) is 4.98 Å². The van der Waals surface area contributed by atoms with E-state index in [2.05, 4.69) is 10.3 Å². The van der Waals surface area contributed by atoms with Gasteiger partial charge >= 0.3 is 0 Å². The lowest BCUT2D eigenvalue weighted by atomic mass is 10.3. The minimum atomic E-state index is -0.0225. The molecule has 1 aliphatic heterocycles. The molecule has 5 nitrogen and oxygen atoms in total. The first-order valence-electron chi connectivity index (χ1n) is 6.30. The Morgan fingerprint density at radius 1 is 1.39 bits per heavy atom. The molecule has 0 unspecified atom stereocenters. The monoisotopic (exact) mass is 249 g/mol. The van der Waals surface area contributed by atoms with E-state index in [1.165, 1.54) is 0 Å². The number of pyridine rings is 1. The minimum absolute atomic E-state index is 0.0225. The molecule has 1 fully saturated rings. The van der Waals surface area contributed by atoms with Crippen LogP contribution in [0, 0.1) is 0 Å². The highest BCUT2D eigenvalue weighted by Crippen LogP contribution is 2.11. The summed E-state index contributed by atoms with van der Waals surface area (Å²) in [6, 6.07) is 5.31. The number of hydrogen-bond acceptors (Lipinski definition) is 4. The van der Waals surface area contributed by atoms with Crippen molar-refractivity contribution in [3.05, 3.63) is 23.9 Å². The molecule has 2 heterocycles. The second-order valence-electron chi connectivity index (χ2n) is 4.57. The van der Waals surface area contributed by atoms with Crippen LogP contribution in [0.2, 0.25) is 0 Å².